The van der Waals surface area contributed by atoms with Crippen LogP contribution < -0.4 is 4.74 Å². The molecule has 0 spiro atoms. The fourth-order valence-corrected chi connectivity index (χ4v) is 4.57. The maximum atomic E-state index is 13.0. The quantitative estimate of drug-likeness (QED) is 0.270. The van der Waals surface area contributed by atoms with Gasteiger partial charge in [0.1, 0.15) is 12.1 Å². The van der Waals surface area contributed by atoms with Crippen LogP contribution in [0.15, 0.2) is 72.1 Å². The van der Waals surface area contributed by atoms with Gasteiger partial charge < -0.3 is 9.30 Å². The van der Waals surface area contributed by atoms with Crippen molar-refractivity contribution < 1.29 is 9.53 Å². The molecule has 4 rings (SSSR count). The van der Waals surface area contributed by atoms with Crippen molar-refractivity contribution >= 4 is 17.5 Å². The summed E-state index contributed by atoms with van der Waals surface area (Å²) in [5.74, 6) is 1.27. The molecule has 0 saturated carbocycles. The highest BCUT2D eigenvalue weighted by Crippen LogP contribution is 2.23. The van der Waals surface area contributed by atoms with Gasteiger partial charge in [0.25, 0.3) is 0 Å². The highest BCUT2D eigenvalue weighted by Gasteiger charge is 2.17. The molecule has 2 aromatic carbocycles. The molecule has 0 aliphatic rings. The minimum Gasteiger partial charge on any atom is -0.497 e. The molecule has 0 bridgehead atoms. The van der Waals surface area contributed by atoms with Crippen LogP contribution in [0.25, 0.3) is 5.69 Å². The normalized spacial score (nSPS) is 11.0. The Hall–Kier alpha value is -3.32. The van der Waals surface area contributed by atoms with Crippen molar-refractivity contribution in [3.8, 4) is 11.4 Å². The third-order valence-corrected chi connectivity index (χ3v) is 6.48. The Morgan fingerprint density at radius 2 is 1.81 bits per heavy atom. The molecular weight excluding hydrogens is 420 g/mol. The first-order valence-corrected chi connectivity index (χ1v) is 11.5. The van der Waals surface area contributed by atoms with Gasteiger partial charge in [-0.3, -0.25) is 9.36 Å². The molecule has 164 valence electrons. The van der Waals surface area contributed by atoms with E-state index < -0.39 is 0 Å². The number of nitrogens with zero attached hydrogens (tertiary/aromatic N) is 4. The number of methoxy groups -OCH3 is 1. The second kappa shape index (κ2) is 9.87. The van der Waals surface area contributed by atoms with Crippen LogP contribution in [0.4, 0.5) is 0 Å². The molecule has 0 N–H and O–H groups in total. The van der Waals surface area contributed by atoms with E-state index in [0.29, 0.717) is 10.9 Å². The van der Waals surface area contributed by atoms with Crippen LogP contribution in [0.3, 0.4) is 0 Å². The van der Waals surface area contributed by atoms with E-state index in [1.165, 1.54) is 17.3 Å². The smallest absolute Gasteiger partial charge is 0.196 e. The Balaban J connectivity index is 1.42. The molecule has 32 heavy (non-hydrogen) atoms. The number of rotatable bonds is 9. The lowest BCUT2D eigenvalue weighted by molar-refractivity contribution is 0.102. The van der Waals surface area contributed by atoms with E-state index in [-0.39, 0.29) is 5.78 Å². The van der Waals surface area contributed by atoms with Gasteiger partial charge in [-0.1, -0.05) is 42.1 Å². The predicted molar refractivity (Wildman–Crippen MR) is 127 cm³/mol. The average molecular weight is 447 g/mol. The average Bonchev–Trinajstić information content (AvgIpc) is 3.41. The summed E-state index contributed by atoms with van der Waals surface area (Å²) in [7, 11) is 1.67. The van der Waals surface area contributed by atoms with Gasteiger partial charge in [-0.25, -0.2) is 0 Å². The number of hydrogen-bond acceptors (Lipinski definition) is 5. The molecule has 0 amide bonds. The van der Waals surface area contributed by atoms with E-state index in [9.17, 15) is 4.79 Å². The van der Waals surface area contributed by atoms with Gasteiger partial charge in [0.15, 0.2) is 10.9 Å². The molecule has 4 aromatic rings. The number of thioether (sulfide) groups is 1. The zero-order valence-corrected chi connectivity index (χ0v) is 19.3. The van der Waals surface area contributed by atoms with Crippen molar-refractivity contribution in [3.05, 3.63) is 89.5 Å². The SMILES string of the molecule is COc1ccc(CCn2c(C)cc(C(=O)CSc3nncn3-c3ccccc3)c2C)cc1. The van der Waals surface area contributed by atoms with Gasteiger partial charge in [-0.15, -0.1) is 10.2 Å². The van der Waals surface area contributed by atoms with Crippen molar-refractivity contribution in [1.82, 2.24) is 19.3 Å². The molecular formula is C25H26N4O2S. The number of hydrogen-bond donors (Lipinski definition) is 0. The Kier molecular flexibility index (Phi) is 6.75. The summed E-state index contributed by atoms with van der Waals surface area (Å²) in [5.41, 5.74) is 5.09. The van der Waals surface area contributed by atoms with Gasteiger partial charge in [-0.05, 0) is 56.2 Å². The first kappa shape index (κ1) is 21.9. The summed E-state index contributed by atoms with van der Waals surface area (Å²) in [6.45, 7) is 4.90. The van der Waals surface area contributed by atoms with Gasteiger partial charge in [0, 0.05) is 29.2 Å². The summed E-state index contributed by atoms with van der Waals surface area (Å²) in [6.07, 6.45) is 2.57. The standard InChI is InChI=1S/C25H26N4O2S/c1-18-15-23(19(2)28(18)14-13-20-9-11-22(31-3)12-10-20)24(30)16-32-25-27-26-17-29(25)21-7-5-4-6-8-21/h4-12,15,17H,13-14,16H2,1-3H3. The Labute approximate surface area is 192 Å². The molecule has 0 aliphatic carbocycles. The van der Waals surface area contributed by atoms with Crippen LogP contribution in [0.1, 0.15) is 27.3 Å². The van der Waals surface area contributed by atoms with E-state index in [1.54, 1.807) is 13.4 Å². The highest BCUT2D eigenvalue weighted by molar-refractivity contribution is 7.99. The van der Waals surface area contributed by atoms with E-state index in [2.05, 4.69) is 33.8 Å². The number of carbonyl (C=O) groups excluding carboxylic acids is 1. The number of aromatic nitrogens is 4. The maximum Gasteiger partial charge on any atom is 0.196 e. The van der Waals surface area contributed by atoms with Crippen LogP contribution in [0.5, 0.6) is 5.75 Å². The number of aryl methyl sites for hydroxylation is 2. The molecule has 0 saturated heterocycles. The molecule has 7 heteroatoms. The van der Waals surface area contributed by atoms with Crippen LogP contribution in [0, 0.1) is 13.8 Å². The van der Waals surface area contributed by atoms with Gasteiger partial charge in [0.2, 0.25) is 0 Å². The van der Waals surface area contributed by atoms with E-state index in [1.807, 2.05) is 60.0 Å². The molecule has 6 nitrogen and oxygen atoms in total. The zero-order valence-electron chi connectivity index (χ0n) is 18.5. The van der Waals surface area contributed by atoms with Gasteiger partial charge in [0.05, 0.1) is 12.9 Å². The third-order valence-electron chi connectivity index (χ3n) is 5.54. The number of carbonyl (C=O) groups is 1. The number of ketones is 1. The zero-order chi connectivity index (χ0) is 22.5. The van der Waals surface area contributed by atoms with E-state index in [4.69, 9.17) is 4.74 Å². The molecule has 0 radical (unpaired) electrons. The lowest BCUT2D eigenvalue weighted by atomic mass is 10.1. The van der Waals surface area contributed by atoms with Crippen molar-refractivity contribution in [3.63, 3.8) is 0 Å². The summed E-state index contributed by atoms with van der Waals surface area (Å²) in [4.78, 5) is 13.0. The first-order chi connectivity index (χ1) is 15.6. The Bertz CT molecular complexity index is 1200. The molecule has 0 atom stereocenters. The molecule has 2 heterocycles. The summed E-state index contributed by atoms with van der Waals surface area (Å²) in [6, 6.07) is 20.0. The number of ether oxygens (including phenoxy) is 1. The van der Waals surface area contributed by atoms with Gasteiger partial charge in [-0.2, -0.15) is 0 Å². The van der Waals surface area contributed by atoms with E-state index >= 15 is 0 Å². The molecule has 0 aliphatic heterocycles. The minimum atomic E-state index is 0.0985. The lowest BCUT2D eigenvalue weighted by Crippen LogP contribution is -2.09. The van der Waals surface area contributed by atoms with Crippen LogP contribution >= 0.6 is 11.8 Å². The predicted octanol–water partition coefficient (Wildman–Crippen LogP) is 4.91. The minimum absolute atomic E-state index is 0.0985. The van der Waals surface area contributed by atoms with Crippen molar-refractivity contribution in [1.29, 1.82) is 0 Å². The Morgan fingerprint density at radius 1 is 1.06 bits per heavy atom. The second-order valence-corrected chi connectivity index (χ2v) is 8.51. The highest BCUT2D eigenvalue weighted by atomic mass is 32.2. The second-order valence-electron chi connectivity index (χ2n) is 7.57. The first-order valence-electron chi connectivity index (χ1n) is 10.5. The maximum absolute atomic E-state index is 13.0. The molecule has 2 aromatic heterocycles. The largest absolute Gasteiger partial charge is 0.497 e. The summed E-state index contributed by atoms with van der Waals surface area (Å²) < 4.78 is 9.34. The van der Waals surface area contributed by atoms with Crippen molar-refractivity contribution in [2.24, 2.45) is 0 Å². The lowest BCUT2D eigenvalue weighted by Gasteiger charge is -2.10. The van der Waals surface area contributed by atoms with Crippen LogP contribution in [-0.4, -0.2) is 38.0 Å². The van der Waals surface area contributed by atoms with Crippen LogP contribution in [0.2, 0.25) is 0 Å². The third kappa shape index (κ3) is 4.78. The fourth-order valence-electron chi connectivity index (χ4n) is 3.76. The van der Waals surface area contributed by atoms with E-state index in [0.717, 1.165) is 41.4 Å². The monoisotopic (exact) mass is 446 g/mol. The number of para-hydroxylation sites is 1. The van der Waals surface area contributed by atoms with Crippen molar-refractivity contribution in [2.45, 2.75) is 32.0 Å². The number of benzene rings is 2. The van der Waals surface area contributed by atoms with Crippen LogP contribution in [-0.2, 0) is 13.0 Å². The van der Waals surface area contributed by atoms with Gasteiger partial charge >= 0.3 is 0 Å². The topological polar surface area (TPSA) is 61.9 Å². The molecule has 0 fully saturated rings. The molecule has 0 unspecified atom stereocenters. The fraction of sp³-hybridized carbons (Fsp3) is 0.240. The summed E-state index contributed by atoms with van der Waals surface area (Å²) >= 11 is 1.41. The number of Topliss-reactive ketones (excluding diaryl/α,β-unsaturated/α-hetero) is 1. The summed E-state index contributed by atoms with van der Waals surface area (Å²) in [5, 5.41) is 8.91. The Morgan fingerprint density at radius 3 is 2.53 bits per heavy atom. The van der Waals surface area contributed by atoms with Crippen molar-refractivity contribution in [2.75, 3.05) is 12.9 Å².